The minimum absolute atomic E-state index is 0.167. The smallest absolute Gasteiger partial charge is 0.137 e. The Morgan fingerprint density at radius 2 is 1.90 bits per heavy atom. The summed E-state index contributed by atoms with van der Waals surface area (Å²) in [6.45, 7) is 2.00. The van der Waals surface area contributed by atoms with Crippen LogP contribution in [0.1, 0.15) is 35.4 Å². The highest BCUT2D eigenvalue weighted by Crippen LogP contribution is 2.44. The standard InChI is InChI=1S/C18H18BrF/c1-12-9-18(20)17(19)11-15(12)10-14-7-8-16(14)13-5-3-2-4-6-13/h2-6,9,11,14,16H,7-8,10H2,1H3. The van der Waals surface area contributed by atoms with Gasteiger partial charge in [-0.2, -0.15) is 0 Å². The molecular formula is C18H18BrF. The monoisotopic (exact) mass is 332 g/mol. The van der Waals surface area contributed by atoms with Crippen molar-refractivity contribution in [3.05, 3.63) is 69.4 Å². The maximum Gasteiger partial charge on any atom is 0.137 e. The molecule has 0 aromatic heterocycles. The van der Waals surface area contributed by atoms with Gasteiger partial charge in [0.05, 0.1) is 4.47 Å². The fourth-order valence-electron chi connectivity index (χ4n) is 3.14. The van der Waals surface area contributed by atoms with Crippen molar-refractivity contribution < 1.29 is 4.39 Å². The molecule has 104 valence electrons. The Morgan fingerprint density at radius 3 is 2.55 bits per heavy atom. The summed E-state index contributed by atoms with van der Waals surface area (Å²) in [6, 6.07) is 14.3. The highest BCUT2D eigenvalue weighted by Gasteiger charge is 2.32. The molecule has 0 aliphatic heterocycles. The third-order valence-electron chi connectivity index (χ3n) is 4.51. The molecule has 20 heavy (non-hydrogen) atoms. The van der Waals surface area contributed by atoms with Gasteiger partial charge < -0.3 is 0 Å². The zero-order valence-corrected chi connectivity index (χ0v) is 13.2. The number of benzene rings is 2. The maximum atomic E-state index is 13.5. The van der Waals surface area contributed by atoms with Gasteiger partial charge in [-0.05, 0) is 82.8 Å². The third kappa shape index (κ3) is 2.67. The predicted octanol–water partition coefficient (Wildman–Crippen LogP) is 5.63. The second-order valence-corrected chi connectivity index (χ2v) is 6.61. The molecule has 2 heteroatoms. The summed E-state index contributed by atoms with van der Waals surface area (Å²) < 4.78 is 14.1. The van der Waals surface area contributed by atoms with Crippen LogP contribution in [0.25, 0.3) is 0 Å². The summed E-state index contributed by atoms with van der Waals surface area (Å²) in [4.78, 5) is 0. The Hall–Kier alpha value is -1.15. The number of hydrogen-bond acceptors (Lipinski definition) is 0. The minimum Gasteiger partial charge on any atom is -0.206 e. The van der Waals surface area contributed by atoms with Crippen LogP contribution < -0.4 is 0 Å². The van der Waals surface area contributed by atoms with E-state index in [2.05, 4.69) is 46.3 Å². The quantitative estimate of drug-likeness (QED) is 0.682. The van der Waals surface area contributed by atoms with Crippen LogP contribution >= 0.6 is 15.9 Å². The second-order valence-electron chi connectivity index (χ2n) is 5.75. The number of rotatable bonds is 3. The predicted molar refractivity (Wildman–Crippen MR) is 84.4 cm³/mol. The van der Waals surface area contributed by atoms with E-state index in [0.717, 1.165) is 12.0 Å². The van der Waals surface area contributed by atoms with Gasteiger partial charge in [0.1, 0.15) is 5.82 Å². The third-order valence-corrected chi connectivity index (χ3v) is 5.11. The first-order valence-corrected chi connectivity index (χ1v) is 7.94. The fourth-order valence-corrected chi connectivity index (χ4v) is 3.53. The lowest BCUT2D eigenvalue weighted by Crippen LogP contribution is -2.26. The largest absolute Gasteiger partial charge is 0.206 e. The number of hydrogen-bond donors (Lipinski definition) is 0. The summed E-state index contributed by atoms with van der Waals surface area (Å²) in [5.41, 5.74) is 3.77. The van der Waals surface area contributed by atoms with E-state index < -0.39 is 0 Å². The van der Waals surface area contributed by atoms with Gasteiger partial charge in [-0.25, -0.2) is 4.39 Å². The van der Waals surface area contributed by atoms with E-state index in [1.165, 1.54) is 24.0 Å². The van der Waals surface area contributed by atoms with Gasteiger partial charge in [0.2, 0.25) is 0 Å². The molecule has 1 fully saturated rings. The second kappa shape index (κ2) is 5.69. The zero-order chi connectivity index (χ0) is 14.1. The summed E-state index contributed by atoms with van der Waals surface area (Å²) in [5, 5.41) is 0. The van der Waals surface area contributed by atoms with Crippen molar-refractivity contribution in [3.63, 3.8) is 0 Å². The van der Waals surface area contributed by atoms with Gasteiger partial charge in [0.25, 0.3) is 0 Å². The summed E-state index contributed by atoms with van der Waals surface area (Å²) in [7, 11) is 0. The topological polar surface area (TPSA) is 0 Å². The Bertz CT molecular complexity index is 606. The molecule has 1 saturated carbocycles. The highest BCUT2D eigenvalue weighted by molar-refractivity contribution is 9.10. The maximum absolute atomic E-state index is 13.5. The van der Waals surface area contributed by atoms with E-state index >= 15 is 0 Å². The van der Waals surface area contributed by atoms with Crippen LogP contribution in [-0.2, 0) is 6.42 Å². The summed E-state index contributed by atoms with van der Waals surface area (Å²) >= 11 is 3.30. The molecule has 2 aromatic carbocycles. The van der Waals surface area contributed by atoms with Gasteiger partial charge in [0.15, 0.2) is 0 Å². The summed E-state index contributed by atoms with van der Waals surface area (Å²) in [5.74, 6) is 1.19. The van der Waals surface area contributed by atoms with Crippen molar-refractivity contribution in [1.82, 2.24) is 0 Å². The van der Waals surface area contributed by atoms with Gasteiger partial charge >= 0.3 is 0 Å². The molecule has 2 aromatic rings. The molecule has 2 unspecified atom stereocenters. The van der Waals surface area contributed by atoms with E-state index in [4.69, 9.17) is 0 Å². The molecule has 0 N–H and O–H groups in total. The Balaban J connectivity index is 1.77. The molecule has 1 aliphatic rings. The molecule has 0 nitrogen and oxygen atoms in total. The Labute approximate surface area is 128 Å². The van der Waals surface area contributed by atoms with Crippen molar-refractivity contribution in [1.29, 1.82) is 0 Å². The molecule has 0 radical (unpaired) electrons. The van der Waals surface area contributed by atoms with Crippen molar-refractivity contribution in [3.8, 4) is 0 Å². The molecule has 0 bridgehead atoms. The van der Waals surface area contributed by atoms with Crippen molar-refractivity contribution in [2.24, 2.45) is 5.92 Å². The fraction of sp³-hybridized carbons (Fsp3) is 0.333. The normalized spacial score (nSPS) is 21.6. The van der Waals surface area contributed by atoms with Crippen molar-refractivity contribution in [2.45, 2.75) is 32.1 Å². The van der Waals surface area contributed by atoms with Crippen LogP contribution in [0.2, 0.25) is 0 Å². The van der Waals surface area contributed by atoms with Gasteiger partial charge in [-0.1, -0.05) is 30.3 Å². The molecule has 0 saturated heterocycles. The van der Waals surface area contributed by atoms with Crippen LogP contribution in [0, 0.1) is 18.7 Å². The summed E-state index contributed by atoms with van der Waals surface area (Å²) in [6.07, 6.45) is 3.59. The average molecular weight is 333 g/mol. The van der Waals surface area contributed by atoms with E-state index in [1.54, 1.807) is 6.07 Å². The molecule has 1 aliphatic carbocycles. The Morgan fingerprint density at radius 1 is 1.15 bits per heavy atom. The molecular weight excluding hydrogens is 315 g/mol. The first-order chi connectivity index (χ1) is 9.65. The molecule has 0 amide bonds. The number of halogens is 2. The first-order valence-electron chi connectivity index (χ1n) is 7.14. The van der Waals surface area contributed by atoms with E-state index in [9.17, 15) is 4.39 Å². The Kier molecular flexibility index (Phi) is 3.93. The average Bonchev–Trinajstić information content (AvgIpc) is 2.41. The zero-order valence-electron chi connectivity index (χ0n) is 11.6. The lowest BCUT2D eigenvalue weighted by Gasteiger charge is -2.37. The minimum atomic E-state index is -0.167. The lowest BCUT2D eigenvalue weighted by molar-refractivity contribution is 0.253. The first kappa shape index (κ1) is 13.8. The van der Waals surface area contributed by atoms with Gasteiger partial charge in [-0.15, -0.1) is 0 Å². The van der Waals surface area contributed by atoms with Crippen LogP contribution in [0.5, 0.6) is 0 Å². The molecule has 2 atom stereocenters. The van der Waals surface area contributed by atoms with Gasteiger partial charge in [-0.3, -0.25) is 0 Å². The van der Waals surface area contributed by atoms with Crippen LogP contribution in [0.15, 0.2) is 46.9 Å². The van der Waals surface area contributed by atoms with E-state index in [0.29, 0.717) is 16.3 Å². The van der Waals surface area contributed by atoms with Gasteiger partial charge in [0, 0.05) is 0 Å². The number of aryl methyl sites for hydroxylation is 1. The van der Waals surface area contributed by atoms with E-state index in [-0.39, 0.29) is 5.82 Å². The van der Waals surface area contributed by atoms with Crippen LogP contribution in [-0.4, -0.2) is 0 Å². The van der Waals surface area contributed by atoms with Crippen LogP contribution in [0.3, 0.4) is 0 Å². The lowest BCUT2D eigenvalue weighted by atomic mass is 9.67. The van der Waals surface area contributed by atoms with Crippen molar-refractivity contribution in [2.75, 3.05) is 0 Å². The van der Waals surface area contributed by atoms with E-state index in [1.807, 2.05) is 13.0 Å². The highest BCUT2D eigenvalue weighted by atomic mass is 79.9. The van der Waals surface area contributed by atoms with Crippen molar-refractivity contribution >= 4 is 15.9 Å². The van der Waals surface area contributed by atoms with Crippen LogP contribution in [0.4, 0.5) is 4.39 Å². The SMILES string of the molecule is Cc1cc(F)c(Br)cc1CC1CCC1c1ccccc1. The molecule has 0 heterocycles. The molecule has 0 spiro atoms. The molecule has 3 rings (SSSR count).